The number of aromatic hydroxyl groups is 1. The van der Waals surface area contributed by atoms with Crippen molar-refractivity contribution in [2.75, 3.05) is 0 Å². The standard InChI is InChI=1S/C11H11NO/c12-7-8-3-1-5-10-9(8)4-2-6-11(10)13/h1-6,13H,7,12H2. The molecule has 2 aromatic rings. The molecule has 0 bridgehead atoms. The Kier molecular flexibility index (Phi) is 1.91. The lowest BCUT2D eigenvalue weighted by molar-refractivity contribution is 0.481. The fourth-order valence-corrected chi connectivity index (χ4v) is 1.54. The molecule has 0 amide bonds. The topological polar surface area (TPSA) is 46.2 Å². The third-order valence-electron chi connectivity index (χ3n) is 2.21. The lowest BCUT2D eigenvalue weighted by Crippen LogP contribution is -1.96. The van der Waals surface area contributed by atoms with E-state index in [-0.39, 0.29) is 0 Å². The summed E-state index contributed by atoms with van der Waals surface area (Å²) in [4.78, 5) is 0. The summed E-state index contributed by atoms with van der Waals surface area (Å²) in [6, 6.07) is 11.3. The first-order chi connectivity index (χ1) is 6.33. The van der Waals surface area contributed by atoms with Gasteiger partial charge in [-0.25, -0.2) is 0 Å². The predicted molar refractivity (Wildman–Crippen MR) is 53.5 cm³/mol. The zero-order valence-corrected chi connectivity index (χ0v) is 7.20. The lowest BCUT2D eigenvalue weighted by atomic mass is 10.0. The summed E-state index contributed by atoms with van der Waals surface area (Å²) in [6.07, 6.45) is 0. The van der Waals surface area contributed by atoms with Crippen LogP contribution in [0.5, 0.6) is 5.75 Å². The summed E-state index contributed by atoms with van der Waals surface area (Å²) in [5.74, 6) is 0.313. The van der Waals surface area contributed by atoms with Crippen molar-refractivity contribution >= 4 is 10.8 Å². The smallest absolute Gasteiger partial charge is 0.123 e. The maximum absolute atomic E-state index is 9.55. The molecular formula is C11H11NO. The highest BCUT2D eigenvalue weighted by Gasteiger charge is 2.01. The van der Waals surface area contributed by atoms with Gasteiger partial charge in [0.15, 0.2) is 0 Å². The van der Waals surface area contributed by atoms with E-state index in [1.807, 2.05) is 30.3 Å². The molecule has 0 saturated carbocycles. The molecule has 2 aromatic carbocycles. The number of phenols is 1. The Morgan fingerprint density at radius 3 is 2.46 bits per heavy atom. The van der Waals surface area contributed by atoms with Crippen LogP contribution in [-0.2, 0) is 6.54 Å². The maximum Gasteiger partial charge on any atom is 0.123 e. The average molecular weight is 173 g/mol. The van der Waals surface area contributed by atoms with Gasteiger partial charge in [-0.05, 0) is 17.0 Å². The van der Waals surface area contributed by atoms with Crippen molar-refractivity contribution in [2.24, 2.45) is 5.73 Å². The zero-order valence-electron chi connectivity index (χ0n) is 7.20. The minimum atomic E-state index is 0.313. The number of hydrogen-bond acceptors (Lipinski definition) is 2. The minimum absolute atomic E-state index is 0.313. The number of benzene rings is 2. The van der Waals surface area contributed by atoms with E-state index in [9.17, 15) is 5.11 Å². The van der Waals surface area contributed by atoms with Crippen molar-refractivity contribution in [3.8, 4) is 5.75 Å². The molecule has 0 spiro atoms. The van der Waals surface area contributed by atoms with E-state index in [0.29, 0.717) is 12.3 Å². The Labute approximate surface area is 76.6 Å². The highest BCUT2D eigenvalue weighted by atomic mass is 16.3. The molecule has 0 unspecified atom stereocenters. The Hall–Kier alpha value is -1.54. The van der Waals surface area contributed by atoms with Crippen molar-refractivity contribution in [1.82, 2.24) is 0 Å². The van der Waals surface area contributed by atoms with E-state index in [2.05, 4.69) is 0 Å². The summed E-state index contributed by atoms with van der Waals surface area (Å²) in [7, 11) is 0. The fourth-order valence-electron chi connectivity index (χ4n) is 1.54. The molecule has 2 nitrogen and oxygen atoms in total. The van der Waals surface area contributed by atoms with Gasteiger partial charge in [-0.1, -0.05) is 30.3 Å². The van der Waals surface area contributed by atoms with E-state index < -0.39 is 0 Å². The fraction of sp³-hybridized carbons (Fsp3) is 0.0909. The molecule has 0 saturated heterocycles. The average Bonchev–Trinajstić information content (AvgIpc) is 2.18. The first kappa shape index (κ1) is 8.08. The normalized spacial score (nSPS) is 10.5. The second-order valence-corrected chi connectivity index (χ2v) is 2.99. The van der Waals surface area contributed by atoms with Crippen molar-refractivity contribution in [3.05, 3.63) is 42.0 Å². The molecule has 3 N–H and O–H groups in total. The number of nitrogens with two attached hydrogens (primary N) is 1. The zero-order chi connectivity index (χ0) is 9.26. The first-order valence-corrected chi connectivity index (χ1v) is 4.22. The molecule has 0 aliphatic carbocycles. The molecule has 2 heteroatoms. The Morgan fingerprint density at radius 1 is 1.00 bits per heavy atom. The first-order valence-electron chi connectivity index (χ1n) is 4.22. The van der Waals surface area contributed by atoms with Gasteiger partial charge in [0, 0.05) is 11.9 Å². The Balaban J connectivity index is 2.84. The molecule has 0 heterocycles. The van der Waals surface area contributed by atoms with E-state index in [1.165, 1.54) is 0 Å². The van der Waals surface area contributed by atoms with E-state index in [1.54, 1.807) is 6.07 Å². The molecular weight excluding hydrogens is 162 g/mol. The minimum Gasteiger partial charge on any atom is -0.507 e. The molecule has 66 valence electrons. The van der Waals surface area contributed by atoms with Gasteiger partial charge >= 0.3 is 0 Å². The van der Waals surface area contributed by atoms with Crippen LogP contribution in [0, 0.1) is 0 Å². The molecule has 0 aliphatic heterocycles. The van der Waals surface area contributed by atoms with Crippen LogP contribution in [0.25, 0.3) is 10.8 Å². The third kappa shape index (κ3) is 1.25. The van der Waals surface area contributed by atoms with Gasteiger partial charge in [-0.2, -0.15) is 0 Å². The molecule has 13 heavy (non-hydrogen) atoms. The monoisotopic (exact) mass is 173 g/mol. The highest BCUT2D eigenvalue weighted by Crippen LogP contribution is 2.26. The summed E-state index contributed by atoms with van der Waals surface area (Å²) < 4.78 is 0. The van der Waals surface area contributed by atoms with Gasteiger partial charge < -0.3 is 10.8 Å². The van der Waals surface area contributed by atoms with Crippen molar-refractivity contribution < 1.29 is 5.11 Å². The van der Waals surface area contributed by atoms with Gasteiger partial charge in [-0.3, -0.25) is 0 Å². The molecule has 0 aromatic heterocycles. The second-order valence-electron chi connectivity index (χ2n) is 2.99. The van der Waals surface area contributed by atoms with E-state index >= 15 is 0 Å². The van der Waals surface area contributed by atoms with Crippen LogP contribution in [0.3, 0.4) is 0 Å². The van der Waals surface area contributed by atoms with Crippen LogP contribution in [-0.4, -0.2) is 5.11 Å². The van der Waals surface area contributed by atoms with Gasteiger partial charge in [0.2, 0.25) is 0 Å². The van der Waals surface area contributed by atoms with Crippen LogP contribution >= 0.6 is 0 Å². The summed E-state index contributed by atoms with van der Waals surface area (Å²) >= 11 is 0. The number of rotatable bonds is 1. The van der Waals surface area contributed by atoms with Crippen molar-refractivity contribution in [3.63, 3.8) is 0 Å². The molecule has 2 rings (SSSR count). The highest BCUT2D eigenvalue weighted by molar-refractivity contribution is 5.90. The molecule has 0 fully saturated rings. The van der Waals surface area contributed by atoms with Gasteiger partial charge in [-0.15, -0.1) is 0 Å². The van der Waals surface area contributed by atoms with Crippen molar-refractivity contribution in [2.45, 2.75) is 6.54 Å². The quantitative estimate of drug-likeness (QED) is 0.692. The number of fused-ring (bicyclic) bond motifs is 1. The number of phenolic OH excluding ortho intramolecular Hbond substituents is 1. The summed E-state index contributed by atoms with van der Waals surface area (Å²) in [5.41, 5.74) is 6.65. The third-order valence-corrected chi connectivity index (χ3v) is 2.21. The van der Waals surface area contributed by atoms with Gasteiger partial charge in [0.1, 0.15) is 5.75 Å². The van der Waals surface area contributed by atoms with Gasteiger partial charge in [0.05, 0.1) is 0 Å². The van der Waals surface area contributed by atoms with E-state index in [4.69, 9.17) is 5.73 Å². The number of hydrogen-bond donors (Lipinski definition) is 2. The maximum atomic E-state index is 9.55. The predicted octanol–water partition coefficient (Wildman–Crippen LogP) is 2.00. The largest absolute Gasteiger partial charge is 0.507 e. The SMILES string of the molecule is NCc1cccc2c(O)cccc12. The van der Waals surface area contributed by atoms with Crippen LogP contribution in [0.1, 0.15) is 5.56 Å². The molecule has 0 atom stereocenters. The Morgan fingerprint density at radius 2 is 1.69 bits per heavy atom. The Bertz CT molecular complexity index is 437. The van der Waals surface area contributed by atoms with Crippen LogP contribution in [0.15, 0.2) is 36.4 Å². The van der Waals surface area contributed by atoms with Crippen LogP contribution in [0.4, 0.5) is 0 Å². The van der Waals surface area contributed by atoms with E-state index in [0.717, 1.165) is 16.3 Å². The summed E-state index contributed by atoms with van der Waals surface area (Å²) in [6.45, 7) is 0.501. The van der Waals surface area contributed by atoms with Crippen molar-refractivity contribution in [1.29, 1.82) is 0 Å². The molecule has 0 aliphatic rings. The van der Waals surface area contributed by atoms with Crippen LogP contribution < -0.4 is 5.73 Å². The second kappa shape index (κ2) is 3.07. The van der Waals surface area contributed by atoms with Crippen LogP contribution in [0.2, 0.25) is 0 Å². The molecule has 0 radical (unpaired) electrons. The lowest BCUT2D eigenvalue weighted by Gasteiger charge is -2.04. The summed E-state index contributed by atoms with van der Waals surface area (Å²) in [5, 5.41) is 11.4. The van der Waals surface area contributed by atoms with Gasteiger partial charge in [0.25, 0.3) is 0 Å².